The fourth-order valence-electron chi connectivity index (χ4n) is 7.80. The maximum atomic E-state index is 14.0. The van der Waals surface area contributed by atoms with Crippen LogP contribution in [-0.2, 0) is 27.2 Å². The van der Waals surface area contributed by atoms with Crippen molar-refractivity contribution in [2.45, 2.75) is 130 Å². The minimum Gasteiger partial charge on any atom is -0.397 e. The molecule has 51 heavy (non-hydrogen) atoms. The summed E-state index contributed by atoms with van der Waals surface area (Å²) in [6.45, 7) is 15.4. The maximum absolute atomic E-state index is 14.0. The second-order valence-electron chi connectivity index (χ2n) is 15.0. The number of hydrogen-bond acceptors (Lipinski definition) is 8. The van der Waals surface area contributed by atoms with E-state index in [1.54, 1.807) is 24.3 Å². The molecule has 1 aromatic carbocycles. The smallest absolute Gasteiger partial charge is 0.216 e. The number of halogens is 1. The highest BCUT2D eigenvalue weighted by Gasteiger charge is 2.31. The summed E-state index contributed by atoms with van der Waals surface area (Å²) in [6.07, 6.45) is 13.5. The van der Waals surface area contributed by atoms with Crippen LogP contribution in [0.15, 0.2) is 47.2 Å². The van der Waals surface area contributed by atoms with Gasteiger partial charge >= 0.3 is 0 Å². The number of aryl methyl sites for hydroxylation is 2. The Balaban J connectivity index is 1.36. The summed E-state index contributed by atoms with van der Waals surface area (Å²) in [6, 6.07) is 4.27. The molecule has 0 radical (unpaired) electrons. The van der Waals surface area contributed by atoms with E-state index in [1.165, 1.54) is 11.1 Å². The Bertz CT molecular complexity index is 1440. The largest absolute Gasteiger partial charge is 0.397 e. The molecular weight excluding hydrogens is 678 g/mol. The standard InChI is InChI=1S/C42H62ClN3O4S/c1-6-8-19-45(18-7-2)37-11-9-10-33(13-15-37)24-39(48)40(25-34-22-29(3)41(44)38(43)23-34)50-42(49)46-20-16-32(17-21-46)12-14-35(31(5)47)26-36-28-51-27-30(36)4/h6,10,22-23,27-28,32,35,37,40,42,49H,1,7-9,11-21,24-26,44H2,2-5H3/t35?,37?,40-,42?/m1/s1. The SMILES string of the molecule is C=CCCN(CCC)C1CCC=C(CC(=O)[C@@H](Cc2cc(C)c(N)c(Cl)c2)OC(O)N2CCC(CCC(Cc3cscc3C)C(C)=O)CC2)CC1. The monoisotopic (exact) mass is 739 g/mol. The van der Waals surface area contributed by atoms with E-state index >= 15 is 0 Å². The Morgan fingerprint density at radius 1 is 1.14 bits per heavy atom. The first-order valence-electron chi connectivity index (χ1n) is 19.2. The number of carbonyl (C=O) groups excluding carboxylic acids is 2. The molecule has 7 nitrogen and oxygen atoms in total. The number of hydrogen-bond donors (Lipinski definition) is 2. The van der Waals surface area contributed by atoms with Gasteiger partial charge in [0.25, 0.3) is 0 Å². The van der Waals surface area contributed by atoms with Crippen LogP contribution in [0.25, 0.3) is 0 Å². The molecule has 0 bridgehead atoms. The third-order valence-corrected chi connectivity index (χ3v) is 12.4. The molecule has 282 valence electrons. The normalized spacial score (nSPS) is 19.4. The van der Waals surface area contributed by atoms with Crippen LogP contribution in [0.5, 0.6) is 0 Å². The molecule has 2 aromatic rings. The van der Waals surface area contributed by atoms with Gasteiger partial charge in [-0.3, -0.25) is 14.5 Å². The van der Waals surface area contributed by atoms with E-state index in [0.29, 0.717) is 48.6 Å². The van der Waals surface area contributed by atoms with Crippen molar-refractivity contribution in [1.29, 1.82) is 0 Å². The van der Waals surface area contributed by atoms with E-state index < -0.39 is 12.5 Å². The van der Waals surface area contributed by atoms with Crippen LogP contribution in [-0.4, -0.2) is 71.2 Å². The van der Waals surface area contributed by atoms with Crippen molar-refractivity contribution < 1.29 is 19.4 Å². The predicted molar refractivity (Wildman–Crippen MR) is 212 cm³/mol. The number of aliphatic hydroxyl groups excluding tert-OH is 1. The first-order valence-corrected chi connectivity index (χ1v) is 20.5. The van der Waals surface area contributed by atoms with E-state index in [4.69, 9.17) is 22.1 Å². The molecule has 1 saturated heterocycles. The van der Waals surface area contributed by atoms with Gasteiger partial charge in [0.05, 0.1) is 10.7 Å². The average Bonchev–Trinajstić information content (AvgIpc) is 3.37. The molecule has 1 aliphatic carbocycles. The molecule has 4 atom stereocenters. The number of ether oxygens (including phenoxy) is 1. The number of Topliss-reactive ketones (excluding diaryl/α,β-unsaturated/α-hetero) is 2. The molecule has 1 aromatic heterocycles. The van der Waals surface area contributed by atoms with E-state index in [0.717, 1.165) is 100 Å². The summed E-state index contributed by atoms with van der Waals surface area (Å²) in [7, 11) is 0. The quantitative estimate of drug-likeness (QED) is 0.0796. The first kappa shape index (κ1) is 41.4. The summed E-state index contributed by atoms with van der Waals surface area (Å²) in [5, 5.41) is 16.2. The number of thiophene rings is 1. The van der Waals surface area contributed by atoms with Gasteiger partial charge in [-0.25, -0.2) is 0 Å². The molecule has 3 unspecified atom stereocenters. The van der Waals surface area contributed by atoms with Crippen molar-refractivity contribution in [3.63, 3.8) is 0 Å². The Morgan fingerprint density at radius 3 is 2.55 bits per heavy atom. The van der Waals surface area contributed by atoms with Crippen molar-refractivity contribution in [3.05, 3.63) is 74.5 Å². The van der Waals surface area contributed by atoms with E-state index in [9.17, 15) is 14.7 Å². The van der Waals surface area contributed by atoms with Crippen LogP contribution >= 0.6 is 22.9 Å². The van der Waals surface area contributed by atoms with Gasteiger partial charge < -0.3 is 20.5 Å². The summed E-state index contributed by atoms with van der Waals surface area (Å²) in [5.74, 6) is 0.778. The number of nitrogen functional groups attached to an aromatic ring is 1. The minimum atomic E-state index is -1.18. The number of nitrogens with two attached hydrogens (primary N) is 1. The zero-order valence-electron chi connectivity index (χ0n) is 31.5. The van der Waals surface area contributed by atoms with Gasteiger partial charge in [0.2, 0.25) is 6.41 Å². The molecule has 4 rings (SSSR count). The molecule has 2 heterocycles. The highest BCUT2D eigenvalue weighted by Crippen LogP contribution is 2.31. The third kappa shape index (κ3) is 12.6. The van der Waals surface area contributed by atoms with Crippen molar-refractivity contribution in [2.24, 2.45) is 11.8 Å². The van der Waals surface area contributed by atoms with E-state index in [2.05, 4.69) is 42.2 Å². The van der Waals surface area contributed by atoms with Crippen molar-refractivity contribution in [3.8, 4) is 0 Å². The lowest BCUT2D eigenvalue weighted by atomic mass is 9.85. The second kappa shape index (κ2) is 20.8. The number of carbonyl (C=O) groups is 2. The number of ketones is 2. The number of anilines is 1. The number of likely N-dealkylation sites (tertiary alicyclic amines) is 1. The van der Waals surface area contributed by atoms with Gasteiger partial charge in [0.15, 0.2) is 5.78 Å². The Labute approximate surface area is 316 Å². The van der Waals surface area contributed by atoms with Crippen molar-refractivity contribution >= 4 is 40.2 Å². The second-order valence-corrected chi connectivity index (χ2v) is 16.2. The molecule has 0 amide bonds. The van der Waals surface area contributed by atoms with Gasteiger partial charge in [-0.1, -0.05) is 42.3 Å². The summed E-state index contributed by atoms with van der Waals surface area (Å²) in [4.78, 5) is 31.0. The van der Waals surface area contributed by atoms with E-state index in [1.807, 2.05) is 24.0 Å². The van der Waals surface area contributed by atoms with Crippen LogP contribution in [0.4, 0.5) is 5.69 Å². The van der Waals surface area contributed by atoms with Crippen LogP contribution in [0.3, 0.4) is 0 Å². The summed E-state index contributed by atoms with van der Waals surface area (Å²) < 4.78 is 6.28. The molecule has 0 spiro atoms. The molecular formula is C42H62ClN3O4S. The summed E-state index contributed by atoms with van der Waals surface area (Å²) in [5.41, 5.74) is 12.1. The number of allylic oxidation sites excluding steroid dienone is 2. The zero-order valence-corrected chi connectivity index (χ0v) is 33.1. The van der Waals surface area contributed by atoms with Crippen LogP contribution in [0, 0.1) is 25.7 Å². The van der Waals surface area contributed by atoms with Gasteiger partial charge in [-0.2, -0.15) is 11.3 Å². The number of piperidine rings is 1. The third-order valence-electron chi connectivity index (χ3n) is 11.1. The lowest BCUT2D eigenvalue weighted by Gasteiger charge is -2.36. The number of nitrogens with zero attached hydrogens (tertiary/aromatic N) is 2. The maximum Gasteiger partial charge on any atom is 0.216 e. The highest BCUT2D eigenvalue weighted by molar-refractivity contribution is 7.08. The molecule has 2 aliphatic rings. The number of aliphatic hydroxyl groups is 1. The van der Waals surface area contributed by atoms with Crippen LogP contribution < -0.4 is 5.73 Å². The molecule has 1 aliphatic heterocycles. The highest BCUT2D eigenvalue weighted by atomic mass is 35.5. The Kier molecular flexibility index (Phi) is 16.9. The van der Waals surface area contributed by atoms with Gasteiger partial charge in [0.1, 0.15) is 11.9 Å². The topological polar surface area (TPSA) is 96.1 Å². The fourth-order valence-corrected chi connectivity index (χ4v) is 8.96. The molecule has 0 saturated carbocycles. The molecule has 1 fully saturated rings. The Hall–Kier alpha value is -2.33. The average molecular weight is 740 g/mol. The first-order chi connectivity index (χ1) is 24.5. The zero-order chi connectivity index (χ0) is 36.9. The lowest BCUT2D eigenvalue weighted by Crippen LogP contribution is -2.46. The van der Waals surface area contributed by atoms with Crippen molar-refractivity contribution in [1.82, 2.24) is 9.80 Å². The van der Waals surface area contributed by atoms with Crippen molar-refractivity contribution in [2.75, 3.05) is 31.9 Å². The predicted octanol–water partition coefficient (Wildman–Crippen LogP) is 8.86. The molecule has 3 N–H and O–H groups in total. The van der Waals surface area contributed by atoms with Gasteiger partial charge in [-0.15, -0.1) is 6.58 Å². The Morgan fingerprint density at radius 2 is 1.90 bits per heavy atom. The fraction of sp³-hybridized carbons (Fsp3) is 0.619. The van der Waals surface area contributed by atoms with Crippen LogP contribution in [0.2, 0.25) is 5.02 Å². The van der Waals surface area contributed by atoms with Crippen LogP contribution in [0.1, 0.15) is 107 Å². The minimum absolute atomic E-state index is 0.0209. The number of rotatable bonds is 20. The molecule has 9 heteroatoms. The number of benzene rings is 1. The van der Waals surface area contributed by atoms with Gasteiger partial charge in [0, 0.05) is 44.4 Å². The van der Waals surface area contributed by atoms with E-state index in [-0.39, 0.29) is 17.5 Å². The lowest BCUT2D eigenvalue weighted by molar-refractivity contribution is -0.221. The van der Waals surface area contributed by atoms with Gasteiger partial charge in [-0.05, 0) is 143 Å². The summed E-state index contributed by atoms with van der Waals surface area (Å²) >= 11 is 8.15.